The van der Waals surface area contributed by atoms with E-state index in [9.17, 15) is 9.59 Å². The minimum Gasteiger partial charge on any atom is -0.490 e. The number of rotatable bonds is 13. The van der Waals surface area contributed by atoms with Crippen LogP contribution in [0.4, 0.5) is 0 Å². The zero-order valence-electron chi connectivity index (χ0n) is 22.0. The molecule has 0 fully saturated rings. The summed E-state index contributed by atoms with van der Waals surface area (Å²) >= 11 is 1.32. The summed E-state index contributed by atoms with van der Waals surface area (Å²) in [6.07, 6.45) is 0. The van der Waals surface area contributed by atoms with Crippen molar-refractivity contribution in [2.24, 2.45) is 4.99 Å². The molecular weight excluding hydrogens is 496 g/mol. The molecule has 0 aliphatic rings. The molecule has 3 rings (SSSR count). The molecule has 0 unspecified atom stereocenters. The molecule has 1 heterocycles. The van der Waals surface area contributed by atoms with Gasteiger partial charge in [-0.2, -0.15) is 4.99 Å². The Balaban J connectivity index is 2.11. The van der Waals surface area contributed by atoms with E-state index in [0.29, 0.717) is 79.4 Å². The van der Waals surface area contributed by atoms with E-state index in [0.717, 1.165) is 10.2 Å². The Morgan fingerprint density at radius 2 is 1.51 bits per heavy atom. The number of esters is 1. The Bertz CT molecular complexity index is 1270. The average Bonchev–Trinajstić information content (AvgIpc) is 3.22. The lowest BCUT2D eigenvalue weighted by molar-refractivity contribution is 0.0526. The molecule has 200 valence electrons. The normalized spacial score (nSPS) is 11.5. The molecule has 3 aromatic rings. The van der Waals surface area contributed by atoms with Crippen molar-refractivity contribution in [1.29, 1.82) is 0 Å². The maximum atomic E-state index is 13.4. The molecule has 0 atom stereocenters. The van der Waals surface area contributed by atoms with Gasteiger partial charge in [0.2, 0.25) is 5.75 Å². The number of carbonyl (C=O) groups is 2. The first-order valence-electron chi connectivity index (χ1n) is 12.5. The molecule has 0 aliphatic heterocycles. The first-order valence-corrected chi connectivity index (χ1v) is 13.3. The molecule has 0 saturated carbocycles. The predicted octanol–water partition coefficient (Wildman–Crippen LogP) is 4.85. The quantitative estimate of drug-likeness (QED) is 0.230. The summed E-state index contributed by atoms with van der Waals surface area (Å²) in [6, 6.07) is 8.56. The lowest BCUT2D eigenvalue weighted by atomic mass is 10.1. The number of hydrogen-bond acceptors (Lipinski definition) is 8. The fourth-order valence-electron chi connectivity index (χ4n) is 3.68. The first kappa shape index (κ1) is 28.2. The third-order valence-electron chi connectivity index (χ3n) is 5.21. The molecule has 0 saturated heterocycles. The van der Waals surface area contributed by atoms with E-state index >= 15 is 0 Å². The Labute approximate surface area is 220 Å². The molecule has 0 aliphatic carbocycles. The number of ether oxygens (including phenoxy) is 5. The van der Waals surface area contributed by atoms with Crippen LogP contribution in [0.3, 0.4) is 0 Å². The van der Waals surface area contributed by atoms with Gasteiger partial charge in [-0.25, -0.2) is 4.79 Å². The monoisotopic (exact) mass is 530 g/mol. The summed E-state index contributed by atoms with van der Waals surface area (Å²) in [5.41, 5.74) is 1.61. The van der Waals surface area contributed by atoms with Gasteiger partial charge in [-0.05, 0) is 65.0 Å². The zero-order chi connectivity index (χ0) is 26.8. The van der Waals surface area contributed by atoms with Crippen molar-refractivity contribution in [2.45, 2.75) is 41.2 Å². The highest BCUT2D eigenvalue weighted by Crippen LogP contribution is 2.39. The molecule has 10 heteroatoms. The lowest BCUT2D eigenvalue weighted by Gasteiger charge is -2.16. The van der Waals surface area contributed by atoms with Crippen LogP contribution in [-0.2, 0) is 16.0 Å². The second-order valence-electron chi connectivity index (χ2n) is 7.65. The molecule has 0 N–H and O–H groups in total. The molecule has 1 aromatic heterocycles. The maximum Gasteiger partial charge on any atom is 0.338 e. The van der Waals surface area contributed by atoms with E-state index < -0.39 is 11.9 Å². The lowest BCUT2D eigenvalue weighted by Crippen LogP contribution is -2.20. The van der Waals surface area contributed by atoms with Gasteiger partial charge in [0, 0.05) is 18.7 Å². The SMILES string of the molecule is CCOCCn1c(=NC(=O)c2cc(OCC)c(OCC)c(OCC)c2)sc2cc(C(=O)OCC)ccc21. The molecule has 37 heavy (non-hydrogen) atoms. The minimum atomic E-state index is -0.452. The van der Waals surface area contributed by atoms with E-state index in [-0.39, 0.29) is 0 Å². The molecule has 0 radical (unpaired) electrons. The van der Waals surface area contributed by atoms with Gasteiger partial charge in [0.15, 0.2) is 16.3 Å². The van der Waals surface area contributed by atoms with Gasteiger partial charge in [-0.15, -0.1) is 0 Å². The van der Waals surface area contributed by atoms with Crippen LogP contribution in [0.5, 0.6) is 17.2 Å². The second kappa shape index (κ2) is 13.8. The summed E-state index contributed by atoms with van der Waals surface area (Å²) in [4.78, 5) is 30.6. The smallest absolute Gasteiger partial charge is 0.338 e. The number of amides is 1. The van der Waals surface area contributed by atoms with Crippen LogP contribution >= 0.6 is 11.3 Å². The third-order valence-corrected chi connectivity index (χ3v) is 6.25. The van der Waals surface area contributed by atoms with Crippen LogP contribution in [0.25, 0.3) is 10.2 Å². The standard InChI is InChI=1S/C27H34N2O7S/c1-6-32-14-13-29-20-12-11-18(26(31)36-10-5)17-23(20)37-27(29)28-25(30)19-15-21(33-7-2)24(35-9-4)22(16-19)34-8-3/h11-12,15-17H,6-10,13-14H2,1-5H3. The van der Waals surface area contributed by atoms with Crippen LogP contribution in [0, 0.1) is 0 Å². The number of carbonyl (C=O) groups excluding carboxylic acids is 2. The number of aromatic nitrogens is 1. The van der Waals surface area contributed by atoms with Crippen molar-refractivity contribution < 1.29 is 33.3 Å². The number of hydrogen-bond donors (Lipinski definition) is 0. The van der Waals surface area contributed by atoms with Gasteiger partial charge in [0.1, 0.15) is 0 Å². The summed E-state index contributed by atoms with van der Waals surface area (Å²) in [5.74, 6) is 0.465. The zero-order valence-corrected chi connectivity index (χ0v) is 22.8. The Hall–Kier alpha value is -3.37. The van der Waals surface area contributed by atoms with Crippen molar-refractivity contribution in [3.05, 3.63) is 46.3 Å². The largest absolute Gasteiger partial charge is 0.490 e. The highest BCUT2D eigenvalue weighted by Gasteiger charge is 2.19. The summed E-state index contributed by atoms with van der Waals surface area (Å²) < 4.78 is 30.7. The van der Waals surface area contributed by atoms with Crippen molar-refractivity contribution >= 4 is 33.4 Å². The van der Waals surface area contributed by atoms with Gasteiger partial charge in [0.25, 0.3) is 5.91 Å². The van der Waals surface area contributed by atoms with Crippen LogP contribution in [0.15, 0.2) is 35.3 Å². The summed E-state index contributed by atoms with van der Waals surface area (Å²) in [7, 11) is 0. The Kier molecular flexibility index (Phi) is 10.5. The fourth-order valence-corrected chi connectivity index (χ4v) is 4.77. The van der Waals surface area contributed by atoms with Crippen molar-refractivity contribution in [3.8, 4) is 17.2 Å². The third kappa shape index (κ3) is 6.90. The van der Waals surface area contributed by atoms with Gasteiger partial charge >= 0.3 is 5.97 Å². The predicted molar refractivity (Wildman–Crippen MR) is 142 cm³/mol. The van der Waals surface area contributed by atoms with Gasteiger partial charge in [-0.1, -0.05) is 11.3 Å². The van der Waals surface area contributed by atoms with E-state index in [2.05, 4.69) is 4.99 Å². The van der Waals surface area contributed by atoms with Crippen molar-refractivity contribution in [3.63, 3.8) is 0 Å². The maximum absolute atomic E-state index is 13.4. The highest BCUT2D eigenvalue weighted by molar-refractivity contribution is 7.16. The minimum absolute atomic E-state index is 0.292. The van der Waals surface area contributed by atoms with E-state index in [4.69, 9.17) is 23.7 Å². The molecule has 0 bridgehead atoms. The fraction of sp³-hybridized carbons (Fsp3) is 0.444. The second-order valence-corrected chi connectivity index (χ2v) is 8.66. The molecule has 9 nitrogen and oxygen atoms in total. The van der Waals surface area contributed by atoms with Gasteiger partial charge < -0.3 is 28.3 Å². The van der Waals surface area contributed by atoms with Crippen LogP contribution in [0.2, 0.25) is 0 Å². The number of nitrogens with zero attached hydrogens (tertiary/aromatic N) is 2. The summed E-state index contributed by atoms with van der Waals surface area (Å²) in [5, 5.41) is 0. The molecule has 1 amide bonds. The van der Waals surface area contributed by atoms with Crippen LogP contribution < -0.4 is 19.0 Å². The van der Waals surface area contributed by atoms with E-state index in [1.54, 1.807) is 31.2 Å². The molecule has 0 spiro atoms. The van der Waals surface area contributed by atoms with Crippen molar-refractivity contribution in [1.82, 2.24) is 4.57 Å². The topological polar surface area (TPSA) is 97.6 Å². The highest BCUT2D eigenvalue weighted by atomic mass is 32.1. The van der Waals surface area contributed by atoms with E-state index in [1.807, 2.05) is 38.3 Å². The molecule has 2 aromatic carbocycles. The summed E-state index contributed by atoms with van der Waals surface area (Å²) in [6.45, 7) is 12.3. The Morgan fingerprint density at radius 1 is 0.838 bits per heavy atom. The van der Waals surface area contributed by atoms with Crippen LogP contribution in [0.1, 0.15) is 55.3 Å². The molecular formula is C27H34N2O7S. The van der Waals surface area contributed by atoms with Crippen LogP contribution in [-0.4, -0.2) is 56.1 Å². The number of fused-ring (bicyclic) bond motifs is 1. The Morgan fingerprint density at radius 3 is 2.11 bits per heavy atom. The van der Waals surface area contributed by atoms with Gasteiger partial charge in [0.05, 0.1) is 48.8 Å². The number of benzene rings is 2. The van der Waals surface area contributed by atoms with Crippen molar-refractivity contribution in [2.75, 3.05) is 39.6 Å². The first-order chi connectivity index (χ1) is 18.0. The van der Waals surface area contributed by atoms with E-state index in [1.165, 1.54) is 11.3 Å². The average molecular weight is 531 g/mol. The number of thiazole rings is 1. The van der Waals surface area contributed by atoms with Gasteiger partial charge in [-0.3, -0.25) is 4.79 Å².